The first kappa shape index (κ1) is 21.9. The van der Waals surface area contributed by atoms with Gasteiger partial charge < -0.3 is 15.6 Å². The van der Waals surface area contributed by atoms with Crippen LogP contribution in [0.3, 0.4) is 0 Å². The van der Waals surface area contributed by atoms with Gasteiger partial charge in [0.2, 0.25) is 0 Å². The Kier molecular flexibility index (Phi) is 5.87. The van der Waals surface area contributed by atoms with Crippen LogP contribution in [0.2, 0.25) is 0 Å². The summed E-state index contributed by atoms with van der Waals surface area (Å²) in [6, 6.07) is 17.0. The van der Waals surface area contributed by atoms with Gasteiger partial charge in [-0.3, -0.25) is 14.4 Å². The van der Waals surface area contributed by atoms with E-state index in [0.717, 1.165) is 30.7 Å². The van der Waals surface area contributed by atoms with Gasteiger partial charge in [0.05, 0.1) is 11.9 Å². The molecule has 9 nitrogen and oxygen atoms in total. The molecule has 1 unspecified atom stereocenters. The number of aromatic amines is 1. The summed E-state index contributed by atoms with van der Waals surface area (Å²) < 4.78 is 7.56. The third kappa shape index (κ3) is 4.07. The Bertz CT molecular complexity index is 1360. The number of aliphatic hydroxyl groups is 1. The van der Waals surface area contributed by atoms with Gasteiger partial charge in [0.1, 0.15) is 28.9 Å². The molecule has 0 aliphatic carbocycles. The van der Waals surface area contributed by atoms with Crippen molar-refractivity contribution in [3.8, 4) is 22.8 Å². The number of aliphatic hydroxyl groups excluding tert-OH is 1. The van der Waals surface area contributed by atoms with Crippen molar-refractivity contribution >= 4 is 16.7 Å². The number of aromatic nitrogens is 4. The number of nitrogen functional groups attached to an aromatic ring is 1. The maximum absolute atomic E-state index is 12.8. The Labute approximate surface area is 196 Å². The second-order valence-corrected chi connectivity index (χ2v) is 8.31. The van der Waals surface area contributed by atoms with Gasteiger partial charge in [-0.05, 0) is 55.3 Å². The summed E-state index contributed by atoms with van der Waals surface area (Å²) in [5.41, 5.74) is 7.56. The lowest BCUT2D eigenvalue weighted by molar-refractivity contribution is 0.0272. The molecular formula is C25H26N6O3. The average Bonchev–Trinajstić information content (AvgIpc) is 3.48. The van der Waals surface area contributed by atoms with Crippen LogP contribution in [-0.4, -0.2) is 48.8 Å². The number of H-pyrrole nitrogens is 1. The molecule has 1 fully saturated rings. The number of nitrogens with one attached hydrogen (secondary N) is 1. The maximum Gasteiger partial charge on any atom is 0.290 e. The fourth-order valence-corrected chi connectivity index (χ4v) is 4.53. The number of nitrogens with zero attached hydrogens (tertiary/aromatic N) is 4. The Morgan fingerprint density at radius 2 is 1.94 bits per heavy atom. The highest BCUT2D eigenvalue weighted by molar-refractivity contribution is 5.99. The summed E-state index contributed by atoms with van der Waals surface area (Å²) in [5, 5.41) is 22.0. The van der Waals surface area contributed by atoms with Gasteiger partial charge in [-0.1, -0.05) is 24.8 Å². The molecule has 0 saturated carbocycles. The van der Waals surface area contributed by atoms with E-state index in [1.807, 2.05) is 59.5 Å². The van der Waals surface area contributed by atoms with Crippen molar-refractivity contribution in [2.24, 2.45) is 0 Å². The van der Waals surface area contributed by atoms with E-state index < -0.39 is 6.23 Å². The molecule has 0 bridgehead atoms. The summed E-state index contributed by atoms with van der Waals surface area (Å²) in [5.74, 6) is 1.63. The highest BCUT2D eigenvalue weighted by atomic mass is 16.5. The number of likely N-dealkylation sites (tertiary alicyclic amines) is 1. The lowest BCUT2D eigenvalue weighted by Crippen LogP contribution is -2.40. The minimum Gasteiger partial charge on any atom is -0.457 e. The summed E-state index contributed by atoms with van der Waals surface area (Å²) in [7, 11) is 0. The van der Waals surface area contributed by atoms with Crippen LogP contribution in [0.25, 0.3) is 22.2 Å². The molecule has 4 aromatic rings. The topological polar surface area (TPSA) is 122 Å². The van der Waals surface area contributed by atoms with Crippen molar-refractivity contribution in [1.29, 1.82) is 0 Å². The summed E-state index contributed by atoms with van der Waals surface area (Å²) in [6.07, 6.45) is 2.60. The van der Waals surface area contributed by atoms with Crippen LogP contribution in [0.15, 0.2) is 72.0 Å². The zero-order valence-electron chi connectivity index (χ0n) is 18.6. The summed E-state index contributed by atoms with van der Waals surface area (Å²) in [4.78, 5) is 14.7. The fourth-order valence-electron chi connectivity index (χ4n) is 4.53. The fraction of sp³-hybridized carbons (Fsp3) is 0.240. The third-order valence-corrected chi connectivity index (χ3v) is 6.17. The number of para-hydroxylation sites is 1. The van der Waals surface area contributed by atoms with Crippen molar-refractivity contribution in [2.75, 3.05) is 12.3 Å². The van der Waals surface area contributed by atoms with Crippen LogP contribution >= 0.6 is 0 Å². The van der Waals surface area contributed by atoms with Crippen molar-refractivity contribution < 1.29 is 9.84 Å². The molecule has 1 aliphatic rings. The molecule has 2 aromatic heterocycles. The zero-order valence-corrected chi connectivity index (χ0v) is 18.6. The first-order valence-corrected chi connectivity index (χ1v) is 11.2. The van der Waals surface area contributed by atoms with E-state index in [2.05, 4.69) is 16.8 Å². The molecule has 2 aromatic carbocycles. The van der Waals surface area contributed by atoms with E-state index in [1.54, 1.807) is 4.68 Å². The minimum atomic E-state index is -0.740. The van der Waals surface area contributed by atoms with E-state index in [0.29, 0.717) is 28.9 Å². The minimum absolute atomic E-state index is 0.0133. The normalized spacial score (nSPS) is 17.1. The van der Waals surface area contributed by atoms with Gasteiger partial charge >= 0.3 is 0 Å². The van der Waals surface area contributed by atoms with Gasteiger partial charge in [0.25, 0.3) is 5.56 Å². The van der Waals surface area contributed by atoms with Crippen LogP contribution in [0.1, 0.15) is 12.8 Å². The number of hydrogen-bond donors (Lipinski definition) is 3. The second-order valence-electron chi connectivity index (χ2n) is 8.31. The molecule has 1 saturated heterocycles. The first-order chi connectivity index (χ1) is 16.5. The van der Waals surface area contributed by atoms with Gasteiger partial charge in [-0.15, -0.1) is 0 Å². The van der Waals surface area contributed by atoms with E-state index in [9.17, 15) is 9.90 Å². The molecule has 0 spiro atoms. The molecule has 3 heterocycles. The molecule has 4 N–H and O–H groups in total. The molecule has 9 heteroatoms. The number of nitrogens with two attached hydrogens (primary N) is 1. The molecule has 2 atom stereocenters. The number of anilines is 1. The van der Waals surface area contributed by atoms with Crippen LogP contribution in [0, 0.1) is 0 Å². The van der Waals surface area contributed by atoms with Crippen molar-refractivity contribution in [2.45, 2.75) is 31.7 Å². The second kappa shape index (κ2) is 9.12. The number of fused-ring (bicyclic) bond motifs is 1. The smallest absolute Gasteiger partial charge is 0.290 e. The molecule has 174 valence electrons. The average molecular weight is 459 g/mol. The standard InChI is InChI=1S/C25H26N6O3/c1-2-20(32)30-14-6-7-17(30)15-31-23-21(24(26)27-28-25(23)33)22(29-31)16-10-12-19(13-11-16)34-18-8-4-3-5-9-18/h2-5,8-13,17,20,32H,1,6-7,14-15H2,(H2,26,27)(H,28,33)/t17-,20?/m1/s1. The van der Waals surface area contributed by atoms with E-state index in [1.165, 1.54) is 6.08 Å². The Morgan fingerprint density at radius 1 is 1.21 bits per heavy atom. The van der Waals surface area contributed by atoms with Crippen LogP contribution in [0.4, 0.5) is 5.82 Å². The molecule has 1 aliphatic heterocycles. The van der Waals surface area contributed by atoms with E-state index in [-0.39, 0.29) is 17.4 Å². The Morgan fingerprint density at radius 3 is 2.68 bits per heavy atom. The molecular weight excluding hydrogens is 432 g/mol. The first-order valence-electron chi connectivity index (χ1n) is 11.2. The molecule has 34 heavy (non-hydrogen) atoms. The lowest BCUT2D eigenvalue weighted by atomic mass is 10.1. The van der Waals surface area contributed by atoms with Crippen molar-refractivity contribution in [1.82, 2.24) is 24.9 Å². The molecule has 0 radical (unpaired) electrons. The lowest BCUT2D eigenvalue weighted by Gasteiger charge is -2.27. The predicted octanol–water partition coefficient (Wildman–Crippen LogP) is 3.13. The SMILES string of the molecule is C=CC(O)N1CCC[C@@H]1Cn1nc(-c2ccc(Oc3ccccc3)cc2)c2c(N)n[nH]c(=O)c21. The summed E-state index contributed by atoms with van der Waals surface area (Å²) in [6.45, 7) is 4.89. The molecule has 5 rings (SSSR count). The highest BCUT2D eigenvalue weighted by Gasteiger charge is 2.30. The molecule has 0 amide bonds. The van der Waals surface area contributed by atoms with Crippen LogP contribution in [0.5, 0.6) is 11.5 Å². The Hall–Kier alpha value is -3.95. The summed E-state index contributed by atoms with van der Waals surface area (Å²) >= 11 is 0. The van der Waals surface area contributed by atoms with Crippen molar-refractivity contribution in [3.05, 3.63) is 77.6 Å². The van der Waals surface area contributed by atoms with E-state index >= 15 is 0 Å². The van der Waals surface area contributed by atoms with E-state index in [4.69, 9.17) is 15.6 Å². The van der Waals surface area contributed by atoms with Gasteiger partial charge in [-0.2, -0.15) is 10.2 Å². The van der Waals surface area contributed by atoms with Crippen molar-refractivity contribution in [3.63, 3.8) is 0 Å². The number of hydrogen-bond acceptors (Lipinski definition) is 7. The van der Waals surface area contributed by atoms with Gasteiger partial charge in [0, 0.05) is 18.2 Å². The quantitative estimate of drug-likeness (QED) is 0.364. The highest BCUT2D eigenvalue weighted by Crippen LogP contribution is 2.32. The third-order valence-electron chi connectivity index (χ3n) is 6.17. The van der Waals surface area contributed by atoms with Crippen LogP contribution in [-0.2, 0) is 6.54 Å². The number of rotatable bonds is 7. The van der Waals surface area contributed by atoms with Gasteiger partial charge in [-0.25, -0.2) is 5.10 Å². The van der Waals surface area contributed by atoms with Gasteiger partial charge in [0.15, 0.2) is 5.82 Å². The zero-order chi connectivity index (χ0) is 23.7. The predicted molar refractivity (Wildman–Crippen MR) is 130 cm³/mol. The monoisotopic (exact) mass is 458 g/mol. The largest absolute Gasteiger partial charge is 0.457 e. The maximum atomic E-state index is 12.8. The van der Waals surface area contributed by atoms with Crippen LogP contribution < -0.4 is 16.0 Å². The number of ether oxygens (including phenoxy) is 1. The number of benzene rings is 2. The Balaban J connectivity index is 1.51.